The Bertz CT molecular complexity index is 651. The Kier molecular flexibility index (Phi) is 6.63. The van der Waals surface area contributed by atoms with Gasteiger partial charge in [-0.05, 0) is 112 Å². The number of hydrogen-bond donors (Lipinski definition) is 1. The van der Waals surface area contributed by atoms with E-state index in [0.29, 0.717) is 16.1 Å². The predicted octanol–water partition coefficient (Wildman–Crippen LogP) is 7.63. The van der Waals surface area contributed by atoms with Crippen LogP contribution in [-0.2, 0) is 4.74 Å². The van der Waals surface area contributed by atoms with Crippen molar-refractivity contribution in [2.24, 2.45) is 34.5 Å². The van der Waals surface area contributed by atoms with Gasteiger partial charge in [-0.3, -0.25) is 0 Å². The Hall–Kier alpha value is -0.210. The van der Waals surface area contributed by atoms with Crippen molar-refractivity contribution in [3.05, 3.63) is 23.3 Å². The van der Waals surface area contributed by atoms with Gasteiger partial charge >= 0.3 is 0 Å². The molecular weight excluding hydrogens is 372 g/mol. The molecule has 0 radical (unpaired) electrons. The third-order valence-electron chi connectivity index (χ3n) is 9.90. The molecule has 1 nitrogen and oxygen atoms in total. The molecule has 4 aliphatic rings. The van der Waals surface area contributed by atoms with E-state index in [4.69, 9.17) is 17.4 Å². The summed E-state index contributed by atoms with van der Waals surface area (Å²) in [5.74, 6) is 3.62. The number of methoxy groups -OCH3 is 1. The van der Waals surface area contributed by atoms with Crippen LogP contribution in [-0.4, -0.2) is 19.0 Å². The second kappa shape index (κ2) is 8.73. The topological polar surface area (TPSA) is 9.23 Å². The Morgan fingerprint density at radius 1 is 1.14 bits per heavy atom. The molecule has 2 heteroatoms. The molecule has 29 heavy (non-hydrogen) atoms. The molecule has 3 saturated carbocycles. The van der Waals surface area contributed by atoms with Crippen molar-refractivity contribution in [1.29, 1.82) is 0 Å². The molecule has 0 spiro atoms. The zero-order valence-electron chi connectivity index (χ0n) is 19.4. The summed E-state index contributed by atoms with van der Waals surface area (Å²) in [6, 6.07) is 0. The van der Waals surface area contributed by atoms with Gasteiger partial charge in [-0.15, -0.1) is 0 Å². The van der Waals surface area contributed by atoms with Crippen LogP contribution >= 0.6 is 12.6 Å². The van der Waals surface area contributed by atoms with E-state index in [0.717, 1.165) is 30.3 Å². The fourth-order valence-corrected chi connectivity index (χ4v) is 8.58. The highest BCUT2D eigenvalue weighted by Crippen LogP contribution is 2.67. The van der Waals surface area contributed by atoms with Crippen LogP contribution in [0.3, 0.4) is 0 Å². The summed E-state index contributed by atoms with van der Waals surface area (Å²) in [6.07, 6.45) is 20.0. The van der Waals surface area contributed by atoms with Gasteiger partial charge in [0.25, 0.3) is 0 Å². The van der Waals surface area contributed by atoms with Crippen molar-refractivity contribution >= 4 is 12.6 Å². The Morgan fingerprint density at radius 2 is 1.97 bits per heavy atom. The van der Waals surface area contributed by atoms with Crippen LogP contribution < -0.4 is 0 Å². The van der Waals surface area contributed by atoms with E-state index >= 15 is 0 Å². The summed E-state index contributed by atoms with van der Waals surface area (Å²) in [4.78, 5) is 0. The second-order valence-electron chi connectivity index (χ2n) is 11.3. The van der Waals surface area contributed by atoms with Gasteiger partial charge in [0.15, 0.2) is 0 Å². The van der Waals surface area contributed by atoms with Crippen molar-refractivity contribution in [2.45, 2.75) is 96.7 Å². The molecule has 7 atom stereocenters. The number of fused-ring (bicyclic) bond motifs is 5. The van der Waals surface area contributed by atoms with E-state index in [1.807, 2.05) is 7.11 Å². The minimum Gasteiger partial charge on any atom is -0.385 e. The van der Waals surface area contributed by atoms with Gasteiger partial charge in [0.2, 0.25) is 0 Å². The minimum atomic E-state index is 0.480. The monoisotopic (exact) mass is 416 g/mol. The molecule has 0 aliphatic heterocycles. The molecule has 4 rings (SSSR count). The quantitative estimate of drug-likeness (QED) is 0.266. The number of allylic oxidation sites excluding steroid dienone is 4. The fraction of sp³-hybridized carbons (Fsp3) is 0.852. The first kappa shape index (κ1) is 22.0. The van der Waals surface area contributed by atoms with Crippen molar-refractivity contribution in [2.75, 3.05) is 13.7 Å². The summed E-state index contributed by atoms with van der Waals surface area (Å²) in [5.41, 5.74) is 4.49. The maximum atomic E-state index is 5.21. The summed E-state index contributed by atoms with van der Waals surface area (Å²) in [5, 5.41) is 0.604. The predicted molar refractivity (Wildman–Crippen MR) is 127 cm³/mol. The summed E-state index contributed by atoms with van der Waals surface area (Å²) >= 11 is 4.83. The first-order valence-corrected chi connectivity index (χ1v) is 12.9. The zero-order chi connectivity index (χ0) is 20.6. The normalized spacial score (nSPS) is 44.7. The van der Waals surface area contributed by atoms with E-state index in [2.05, 4.69) is 32.9 Å². The SMILES string of the molecule is COCCCC/C=C(\C)[C@H]1CC[C@H]2[C@@H]3CC=C4C[C@@H](S)CC[C@]4(C)[C@H]3CC[C@]12C. The highest BCUT2D eigenvalue weighted by Gasteiger charge is 2.58. The number of thiol groups is 1. The summed E-state index contributed by atoms with van der Waals surface area (Å²) in [6.45, 7) is 8.63. The van der Waals surface area contributed by atoms with Crippen LogP contribution in [0.4, 0.5) is 0 Å². The van der Waals surface area contributed by atoms with Crippen LogP contribution in [0.1, 0.15) is 91.4 Å². The molecule has 0 N–H and O–H groups in total. The lowest BCUT2D eigenvalue weighted by Crippen LogP contribution is -2.50. The standard InChI is InChI=1S/C27H44OS/c1-19(8-6-5-7-17-28-4)23-11-12-24-22-10-9-20-18-21(29)13-15-26(20,2)25(22)14-16-27(23,24)3/h8-9,21-25,29H,5-7,10-18H2,1-4H3/b19-8+/t21-,22-,23+,24-,25-,26-,27+/m0/s1. The second-order valence-corrected chi connectivity index (χ2v) is 12.0. The van der Waals surface area contributed by atoms with Crippen LogP contribution in [0.2, 0.25) is 0 Å². The molecule has 0 aromatic rings. The van der Waals surface area contributed by atoms with Crippen LogP contribution in [0.15, 0.2) is 23.3 Å². The molecule has 0 amide bonds. The van der Waals surface area contributed by atoms with Gasteiger partial charge in [0, 0.05) is 19.0 Å². The Balaban J connectivity index is 1.48. The lowest BCUT2D eigenvalue weighted by molar-refractivity contribution is -0.0357. The molecule has 0 unspecified atom stereocenters. The molecule has 4 aliphatic carbocycles. The molecular formula is C27H44OS. The number of ether oxygens (including phenoxy) is 1. The van der Waals surface area contributed by atoms with E-state index in [1.54, 1.807) is 11.1 Å². The molecule has 0 bridgehead atoms. The smallest absolute Gasteiger partial charge is 0.0462 e. The van der Waals surface area contributed by atoms with Crippen molar-refractivity contribution < 1.29 is 4.74 Å². The van der Waals surface area contributed by atoms with Crippen molar-refractivity contribution in [1.82, 2.24) is 0 Å². The van der Waals surface area contributed by atoms with Gasteiger partial charge in [-0.25, -0.2) is 0 Å². The molecule has 3 fully saturated rings. The highest BCUT2D eigenvalue weighted by atomic mass is 32.1. The maximum absolute atomic E-state index is 5.21. The fourth-order valence-electron chi connectivity index (χ4n) is 8.25. The van der Waals surface area contributed by atoms with Gasteiger partial charge in [0.1, 0.15) is 0 Å². The van der Waals surface area contributed by atoms with Crippen molar-refractivity contribution in [3.63, 3.8) is 0 Å². The molecule has 164 valence electrons. The van der Waals surface area contributed by atoms with E-state index in [9.17, 15) is 0 Å². The van der Waals surface area contributed by atoms with Crippen LogP contribution in [0.25, 0.3) is 0 Å². The Labute approximate surface area is 185 Å². The van der Waals surface area contributed by atoms with Gasteiger partial charge in [-0.2, -0.15) is 12.6 Å². The Morgan fingerprint density at radius 3 is 2.76 bits per heavy atom. The van der Waals surface area contributed by atoms with Crippen LogP contribution in [0.5, 0.6) is 0 Å². The highest BCUT2D eigenvalue weighted by molar-refractivity contribution is 7.80. The molecule has 0 aromatic carbocycles. The van der Waals surface area contributed by atoms with Gasteiger partial charge < -0.3 is 4.74 Å². The average molecular weight is 417 g/mol. The third-order valence-corrected chi connectivity index (χ3v) is 10.3. The van der Waals surface area contributed by atoms with E-state index in [1.165, 1.54) is 70.6 Å². The van der Waals surface area contributed by atoms with Crippen LogP contribution in [0, 0.1) is 34.5 Å². The third kappa shape index (κ3) is 3.91. The largest absolute Gasteiger partial charge is 0.385 e. The lowest BCUT2D eigenvalue weighted by atomic mass is 9.47. The van der Waals surface area contributed by atoms with Crippen molar-refractivity contribution in [3.8, 4) is 0 Å². The average Bonchev–Trinajstić information content (AvgIpc) is 3.05. The van der Waals surface area contributed by atoms with Gasteiger partial charge in [0.05, 0.1) is 0 Å². The first-order valence-electron chi connectivity index (χ1n) is 12.4. The first-order chi connectivity index (χ1) is 13.9. The minimum absolute atomic E-state index is 0.480. The molecule has 0 heterocycles. The molecule has 0 aromatic heterocycles. The number of hydrogen-bond acceptors (Lipinski definition) is 2. The summed E-state index contributed by atoms with van der Waals surface area (Å²) in [7, 11) is 1.81. The summed E-state index contributed by atoms with van der Waals surface area (Å²) < 4.78 is 5.21. The maximum Gasteiger partial charge on any atom is 0.0462 e. The lowest BCUT2D eigenvalue weighted by Gasteiger charge is -2.58. The van der Waals surface area contributed by atoms with Gasteiger partial charge in [-0.1, -0.05) is 37.1 Å². The van der Waals surface area contributed by atoms with E-state index in [-0.39, 0.29) is 0 Å². The number of unbranched alkanes of at least 4 members (excludes halogenated alkanes) is 2. The zero-order valence-corrected chi connectivity index (χ0v) is 20.3. The van der Waals surface area contributed by atoms with E-state index < -0.39 is 0 Å². The molecule has 0 saturated heterocycles. The number of rotatable bonds is 6.